The number of primary sulfonamides is 1. The molecule has 2 N–H and O–H groups in total. The number of nitriles is 1. The van der Waals surface area contributed by atoms with Crippen LogP contribution in [0.25, 0.3) is 27.3 Å². The molecule has 2 aromatic carbocycles. The van der Waals surface area contributed by atoms with Crippen LogP contribution in [-0.2, 0) is 14.8 Å². The lowest BCUT2D eigenvalue weighted by atomic mass is 10.0. The van der Waals surface area contributed by atoms with Crippen molar-refractivity contribution in [1.29, 1.82) is 5.26 Å². The minimum Gasteiger partial charge on any atom is -0.378 e. The number of hydrogen-bond acceptors (Lipinski definition) is 6. The number of benzene rings is 2. The van der Waals surface area contributed by atoms with Gasteiger partial charge in [0.05, 0.1) is 13.2 Å². The van der Waals surface area contributed by atoms with E-state index in [1.54, 1.807) is 12.1 Å². The average Bonchev–Trinajstić information content (AvgIpc) is 3.20. The van der Waals surface area contributed by atoms with Crippen molar-refractivity contribution in [1.82, 2.24) is 0 Å². The second kappa shape index (κ2) is 7.97. The second-order valence-electron chi connectivity index (χ2n) is 6.71. The van der Waals surface area contributed by atoms with Gasteiger partial charge in [0.2, 0.25) is 10.0 Å². The SMILES string of the molecule is N#C/C(=C\c1ccc(-c2ccc3cc(N4CCOCC4)ccc3c2)s1)S(N)(=O)=O. The number of rotatable bonds is 4. The fraction of sp³-hybridized carbons (Fsp3) is 0.190. The van der Waals surface area contributed by atoms with Crippen LogP contribution in [-0.4, -0.2) is 34.7 Å². The molecular formula is C21H19N3O3S2. The van der Waals surface area contributed by atoms with Crippen molar-refractivity contribution >= 4 is 43.9 Å². The molecule has 1 aromatic heterocycles. The monoisotopic (exact) mass is 425 g/mol. The normalized spacial score (nSPS) is 15.4. The average molecular weight is 426 g/mol. The molecule has 1 fully saturated rings. The Morgan fingerprint density at radius 2 is 1.83 bits per heavy atom. The standard InChI is InChI=1S/C21H19N3O3S2/c22-14-20(29(23,25)26)13-19-5-6-21(28-19)17-2-1-16-12-18(4-3-15(16)11-17)24-7-9-27-10-8-24/h1-6,11-13H,7-10H2,(H2,23,25,26)/b20-13+. The van der Waals surface area contributed by atoms with Crippen molar-refractivity contribution in [2.75, 3.05) is 31.2 Å². The molecule has 0 radical (unpaired) electrons. The van der Waals surface area contributed by atoms with Crippen LogP contribution in [0.2, 0.25) is 0 Å². The van der Waals surface area contributed by atoms with Gasteiger partial charge in [-0.15, -0.1) is 11.3 Å². The van der Waals surface area contributed by atoms with E-state index in [4.69, 9.17) is 15.1 Å². The zero-order chi connectivity index (χ0) is 20.4. The minimum atomic E-state index is -4.02. The molecule has 29 heavy (non-hydrogen) atoms. The van der Waals surface area contributed by atoms with Gasteiger partial charge in [-0.2, -0.15) is 5.26 Å². The van der Waals surface area contributed by atoms with Crippen molar-refractivity contribution < 1.29 is 13.2 Å². The number of hydrogen-bond donors (Lipinski definition) is 1. The minimum absolute atomic E-state index is 0.444. The van der Waals surface area contributed by atoms with E-state index in [0.717, 1.165) is 47.5 Å². The summed E-state index contributed by atoms with van der Waals surface area (Å²) in [4.78, 5) is 3.53. The molecule has 8 heteroatoms. The van der Waals surface area contributed by atoms with Gasteiger partial charge >= 0.3 is 0 Å². The molecule has 0 atom stereocenters. The van der Waals surface area contributed by atoms with E-state index in [0.29, 0.717) is 4.88 Å². The van der Waals surface area contributed by atoms with Crippen LogP contribution in [0.15, 0.2) is 53.4 Å². The highest BCUT2D eigenvalue weighted by Gasteiger charge is 2.13. The summed E-state index contributed by atoms with van der Waals surface area (Å²) in [6.45, 7) is 3.31. The quantitative estimate of drug-likeness (QED) is 0.645. The predicted octanol–water partition coefficient (Wildman–Crippen LogP) is 3.56. The van der Waals surface area contributed by atoms with E-state index in [2.05, 4.69) is 41.3 Å². The zero-order valence-electron chi connectivity index (χ0n) is 15.5. The number of nitrogens with zero attached hydrogens (tertiary/aromatic N) is 2. The first-order valence-electron chi connectivity index (χ1n) is 9.05. The number of allylic oxidation sites excluding steroid dienone is 1. The molecule has 4 rings (SSSR count). The van der Waals surface area contributed by atoms with Gasteiger partial charge in [-0.3, -0.25) is 0 Å². The van der Waals surface area contributed by atoms with Crippen LogP contribution in [0.1, 0.15) is 4.88 Å². The van der Waals surface area contributed by atoms with Crippen LogP contribution in [0.4, 0.5) is 5.69 Å². The summed E-state index contributed by atoms with van der Waals surface area (Å²) in [5, 5.41) is 16.4. The lowest BCUT2D eigenvalue weighted by molar-refractivity contribution is 0.122. The summed E-state index contributed by atoms with van der Waals surface area (Å²) in [5.74, 6) is 0. The topological polar surface area (TPSA) is 96.4 Å². The zero-order valence-corrected chi connectivity index (χ0v) is 17.2. The van der Waals surface area contributed by atoms with Gasteiger partial charge in [-0.25, -0.2) is 13.6 Å². The van der Waals surface area contributed by atoms with Gasteiger partial charge in [0.15, 0.2) is 4.91 Å². The summed E-state index contributed by atoms with van der Waals surface area (Å²) < 4.78 is 28.2. The van der Waals surface area contributed by atoms with E-state index in [1.807, 2.05) is 6.07 Å². The van der Waals surface area contributed by atoms with Crippen molar-refractivity contribution in [2.45, 2.75) is 0 Å². The predicted molar refractivity (Wildman–Crippen MR) is 117 cm³/mol. The fourth-order valence-electron chi connectivity index (χ4n) is 3.30. The summed E-state index contributed by atoms with van der Waals surface area (Å²) in [6, 6.07) is 18.0. The van der Waals surface area contributed by atoms with Crippen LogP contribution >= 0.6 is 11.3 Å². The molecule has 1 aliphatic rings. The van der Waals surface area contributed by atoms with Gasteiger partial charge in [-0.05, 0) is 52.7 Å². The molecule has 0 bridgehead atoms. The van der Waals surface area contributed by atoms with Crippen LogP contribution in [0, 0.1) is 11.3 Å². The maximum atomic E-state index is 11.4. The number of sulfonamides is 1. The first kappa shape index (κ1) is 19.6. The molecule has 6 nitrogen and oxygen atoms in total. The molecular weight excluding hydrogens is 406 g/mol. The molecule has 0 unspecified atom stereocenters. The van der Waals surface area contributed by atoms with Gasteiger partial charge in [0, 0.05) is 28.5 Å². The third-order valence-electron chi connectivity index (χ3n) is 4.80. The molecule has 1 aliphatic heterocycles. The van der Waals surface area contributed by atoms with E-state index >= 15 is 0 Å². The number of ether oxygens (including phenoxy) is 1. The fourth-order valence-corrected chi connectivity index (χ4v) is 4.74. The third kappa shape index (κ3) is 4.33. The van der Waals surface area contributed by atoms with Gasteiger partial charge in [0.25, 0.3) is 0 Å². The molecule has 0 saturated carbocycles. The number of anilines is 1. The Balaban J connectivity index is 1.63. The molecule has 1 saturated heterocycles. The highest BCUT2D eigenvalue weighted by Crippen LogP contribution is 2.33. The summed E-state index contributed by atoms with van der Waals surface area (Å²) in [6.07, 6.45) is 1.30. The highest BCUT2D eigenvalue weighted by molar-refractivity contribution is 7.93. The van der Waals surface area contributed by atoms with Crippen molar-refractivity contribution in [2.24, 2.45) is 5.14 Å². The Morgan fingerprint density at radius 1 is 1.10 bits per heavy atom. The Morgan fingerprint density at radius 3 is 2.55 bits per heavy atom. The van der Waals surface area contributed by atoms with Crippen LogP contribution < -0.4 is 10.0 Å². The van der Waals surface area contributed by atoms with Crippen molar-refractivity contribution in [3.05, 3.63) is 58.3 Å². The molecule has 0 spiro atoms. The Labute approximate surface area is 173 Å². The van der Waals surface area contributed by atoms with Crippen LogP contribution in [0.5, 0.6) is 0 Å². The first-order chi connectivity index (χ1) is 13.9. The summed E-state index contributed by atoms with van der Waals surface area (Å²) >= 11 is 1.41. The number of thiophene rings is 1. The van der Waals surface area contributed by atoms with E-state index in [-0.39, 0.29) is 0 Å². The maximum Gasteiger partial charge on any atom is 0.248 e. The van der Waals surface area contributed by atoms with E-state index in [1.165, 1.54) is 23.1 Å². The molecule has 2 heterocycles. The Kier molecular flexibility index (Phi) is 5.39. The lowest BCUT2D eigenvalue weighted by Gasteiger charge is -2.29. The van der Waals surface area contributed by atoms with Crippen molar-refractivity contribution in [3.8, 4) is 16.5 Å². The van der Waals surface area contributed by atoms with Gasteiger partial charge < -0.3 is 9.64 Å². The van der Waals surface area contributed by atoms with E-state index in [9.17, 15) is 8.42 Å². The second-order valence-corrected chi connectivity index (χ2v) is 9.36. The highest BCUT2D eigenvalue weighted by atomic mass is 32.2. The first-order valence-corrected chi connectivity index (χ1v) is 11.4. The molecule has 0 amide bonds. The third-order valence-corrected chi connectivity index (χ3v) is 6.70. The molecule has 3 aromatic rings. The number of fused-ring (bicyclic) bond motifs is 1. The van der Waals surface area contributed by atoms with E-state index < -0.39 is 14.9 Å². The lowest BCUT2D eigenvalue weighted by Crippen LogP contribution is -2.36. The molecule has 0 aliphatic carbocycles. The van der Waals surface area contributed by atoms with Crippen LogP contribution in [0.3, 0.4) is 0 Å². The number of morpholine rings is 1. The summed E-state index contributed by atoms with van der Waals surface area (Å²) in [5.41, 5.74) is 2.24. The Hall–Kier alpha value is -2.70. The summed E-state index contributed by atoms with van der Waals surface area (Å²) in [7, 11) is -4.02. The maximum absolute atomic E-state index is 11.4. The smallest absolute Gasteiger partial charge is 0.248 e. The van der Waals surface area contributed by atoms with Gasteiger partial charge in [0.1, 0.15) is 6.07 Å². The number of nitrogens with two attached hydrogens (primary N) is 1. The largest absolute Gasteiger partial charge is 0.378 e. The Bertz CT molecular complexity index is 1230. The van der Waals surface area contributed by atoms with Gasteiger partial charge in [-0.1, -0.05) is 18.2 Å². The molecule has 148 valence electrons. The van der Waals surface area contributed by atoms with Crippen molar-refractivity contribution in [3.63, 3.8) is 0 Å².